The van der Waals surface area contributed by atoms with Crippen LogP contribution in [0, 0.1) is 0 Å². The van der Waals surface area contributed by atoms with Gasteiger partial charge in [-0.25, -0.2) is 9.55 Å². The van der Waals surface area contributed by atoms with Crippen molar-refractivity contribution in [3.05, 3.63) is 36.4 Å². The molecule has 9 nitrogen and oxygen atoms in total. The number of fused-ring (bicyclic) bond motifs is 2. The number of anilines is 2. The van der Waals surface area contributed by atoms with Crippen molar-refractivity contribution < 1.29 is 9.29 Å². The van der Waals surface area contributed by atoms with Gasteiger partial charge in [0.15, 0.2) is 5.82 Å². The highest BCUT2D eigenvalue weighted by molar-refractivity contribution is 7.90. The van der Waals surface area contributed by atoms with Crippen molar-refractivity contribution in [1.29, 1.82) is 0 Å². The average molecular weight is 426 g/mol. The van der Waals surface area contributed by atoms with E-state index in [9.17, 15) is 4.55 Å². The monoisotopic (exact) mass is 425 g/mol. The molecule has 2 unspecified atom stereocenters. The number of morpholine rings is 1. The molecule has 1 fully saturated rings. The fourth-order valence-electron chi connectivity index (χ4n) is 3.91. The first kappa shape index (κ1) is 19.2. The zero-order valence-electron chi connectivity index (χ0n) is 17.1. The number of rotatable bonds is 4. The summed E-state index contributed by atoms with van der Waals surface area (Å²) < 4.78 is 21.6. The Kier molecular flexibility index (Phi) is 4.76. The minimum absolute atomic E-state index is 0.166. The molecule has 0 spiro atoms. The molecule has 0 amide bonds. The highest BCUT2D eigenvalue weighted by atomic mass is 32.2. The summed E-state index contributed by atoms with van der Waals surface area (Å²) in [7, 11) is 1.82. The summed E-state index contributed by atoms with van der Waals surface area (Å²) in [6.45, 7) is 4.12. The molecule has 0 bridgehead atoms. The van der Waals surface area contributed by atoms with Crippen LogP contribution < -0.4 is 10.2 Å². The van der Waals surface area contributed by atoms with E-state index in [-0.39, 0.29) is 6.04 Å². The molecule has 156 valence electrons. The van der Waals surface area contributed by atoms with Crippen molar-refractivity contribution in [2.24, 2.45) is 0 Å². The van der Waals surface area contributed by atoms with Gasteiger partial charge in [-0.15, -0.1) is 5.10 Å². The molecule has 3 aromatic heterocycles. The predicted molar refractivity (Wildman–Crippen MR) is 117 cm³/mol. The summed E-state index contributed by atoms with van der Waals surface area (Å²) in [6, 6.07) is 11.8. The van der Waals surface area contributed by atoms with E-state index < -0.39 is 11.2 Å². The number of imidazole rings is 1. The zero-order chi connectivity index (χ0) is 20.8. The second kappa shape index (κ2) is 7.46. The lowest BCUT2D eigenvalue weighted by Crippen LogP contribution is -2.44. The number of hydrogen-bond acceptors (Lipinski definition) is 7. The van der Waals surface area contributed by atoms with Gasteiger partial charge in [-0.05, 0) is 25.1 Å². The molecule has 1 aliphatic heterocycles. The van der Waals surface area contributed by atoms with Gasteiger partial charge >= 0.3 is 0 Å². The van der Waals surface area contributed by atoms with Gasteiger partial charge in [-0.1, -0.05) is 12.1 Å². The van der Waals surface area contributed by atoms with Crippen molar-refractivity contribution in [2.45, 2.75) is 18.0 Å². The van der Waals surface area contributed by atoms with Crippen LogP contribution in [0.4, 0.5) is 11.8 Å². The van der Waals surface area contributed by atoms with Gasteiger partial charge in [0.05, 0.1) is 30.3 Å². The van der Waals surface area contributed by atoms with Crippen LogP contribution in [0.5, 0.6) is 0 Å². The van der Waals surface area contributed by atoms with Crippen molar-refractivity contribution in [3.63, 3.8) is 0 Å². The first-order chi connectivity index (χ1) is 14.6. The first-order valence-corrected chi connectivity index (χ1v) is 11.4. The van der Waals surface area contributed by atoms with Crippen LogP contribution in [-0.2, 0) is 15.9 Å². The molecule has 0 radical (unpaired) electrons. The lowest BCUT2D eigenvalue weighted by molar-refractivity contribution is 0.0986. The van der Waals surface area contributed by atoms with Gasteiger partial charge in [-0.2, -0.15) is 9.50 Å². The molecule has 4 aromatic rings. The van der Waals surface area contributed by atoms with Crippen LogP contribution in [-0.4, -0.2) is 67.8 Å². The topological polar surface area (TPSA) is 95.6 Å². The minimum atomic E-state index is -1.19. The van der Waals surface area contributed by atoms with Crippen molar-refractivity contribution >= 4 is 39.5 Å². The summed E-state index contributed by atoms with van der Waals surface area (Å²) >= 11 is -1.19. The highest BCUT2D eigenvalue weighted by Crippen LogP contribution is 2.29. The van der Waals surface area contributed by atoms with Crippen LogP contribution in [0.25, 0.3) is 22.5 Å². The van der Waals surface area contributed by atoms with E-state index in [0.29, 0.717) is 30.1 Å². The van der Waals surface area contributed by atoms with Gasteiger partial charge in [0.2, 0.25) is 11.0 Å². The van der Waals surface area contributed by atoms with Gasteiger partial charge in [0, 0.05) is 30.8 Å². The van der Waals surface area contributed by atoms with Gasteiger partial charge < -0.3 is 19.5 Å². The molecule has 10 heteroatoms. The molecule has 1 aromatic carbocycles. The van der Waals surface area contributed by atoms with E-state index in [1.165, 1.54) is 0 Å². The Labute approximate surface area is 176 Å². The molecule has 5 rings (SSSR count). The Morgan fingerprint density at radius 1 is 1.17 bits per heavy atom. The zero-order valence-corrected chi connectivity index (χ0v) is 17.9. The third-order valence-electron chi connectivity index (χ3n) is 5.36. The molecule has 2 atom stereocenters. The van der Waals surface area contributed by atoms with Crippen molar-refractivity contribution in [2.75, 3.05) is 43.3 Å². The number of benzene rings is 1. The first-order valence-electron chi connectivity index (χ1n) is 9.81. The number of aromatic nitrogens is 5. The van der Waals surface area contributed by atoms with E-state index in [0.717, 1.165) is 28.9 Å². The lowest BCUT2D eigenvalue weighted by atomic mass is 10.2. The molecule has 4 heterocycles. The summed E-state index contributed by atoms with van der Waals surface area (Å²) in [5, 5.41) is 8.55. The van der Waals surface area contributed by atoms with Gasteiger partial charge in [0.1, 0.15) is 11.8 Å². The van der Waals surface area contributed by atoms with E-state index in [2.05, 4.69) is 22.1 Å². The Bertz CT molecular complexity index is 1220. The summed E-state index contributed by atoms with van der Waals surface area (Å²) in [4.78, 5) is 11.9. The van der Waals surface area contributed by atoms with E-state index in [1.807, 2.05) is 48.0 Å². The van der Waals surface area contributed by atoms with Gasteiger partial charge in [0.25, 0.3) is 5.95 Å². The second-order valence-corrected chi connectivity index (χ2v) is 8.61. The summed E-state index contributed by atoms with van der Waals surface area (Å²) in [6.07, 6.45) is 1.66. The molecular formula is C20H23N7O2S. The molecular weight excluding hydrogens is 402 g/mol. The standard InChI is InChI=1S/C20H23N7O2S/c1-13-12-29-11-10-25(13)18-16-8-9-17(30(3)28)27(16)24-20(23-18)26-15-7-5-4-6-14(15)22-19(26)21-2/h4-9,13H,10-12H2,1-3H3,(H,21,22). The van der Waals surface area contributed by atoms with Gasteiger partial charge in [-0.3, -0.25) is 0 Å². The Hall–Kier alpha value is -2.82. The number of para-hydroxylation sites is 2. The largest absolute Gasteiger partial charge is 0.610 e. The number of hydrogen-bond donors (Lipinski definition) is 1. The molecule has 0 aliphatic carbocycles. The second-order valence-electron chi connectivity index (χ2n) is 7.29. The summed E-state index contributed by atoms with van der Waals surface area (Å²) in [5.74, 6) is 1.91. The number of ether oxygens (including phenoxy) is 1. The molecule has 30 heavy (non-hydrogen) atoms. The summed E-state index contributed by atoms with van der Waals surface area (Å²) in [5.41, 5.74) is 2.57. The Morgan fingerprint density at radius 2 is 2.00 bits per heavy atom. The molecule has 1 N–H and O–H groups in total. The molecule has 1 aliphatic rings. The number of nitrogens with one attached hydrogen (secondary N) is 1. The maximum absolute atomic E-state index is 12.4. The SMILES string of the molecule is CNc1nc2ccccc2n1-c1nc(N2CCOCC2C)c2ccc([S+](C)[O-])n2n1. The Morgan fingerprint density at radius 3 is 2.77 bits per heavy atom. The lowest BCUT2D eigenvalue weighted by Gasteiger charge is -2.34. The fraction of sp³-hybridized carbons (Fsp3) is 0.350. The normalized spacial score (nSPS) is 18.3. The smallest absolute Gasteiger partial charge is 0.257 e. The van der Waals surface area contributed by atoms with E-state index in [1.54, 1.807) is 10.8 Å². The molecule has 0 saturated carbocycles. The van der Waals surface area contributed by atoms with Crippen molar-refractivity contribution in [3.8, 4) is 5.95 Å². The Balaban J connectivity index is 1.80. The van der Waals surface area contributed by atoms with Crippen LogP contribution in [0.1, 0.15) is 6.92 Å². The van der Waals surface area contributed by atoms with Crippen LogP contribution in [0.3, 0.4) is 0 Å². The van der Waals surface area contributed by atoms with E-state index in [4.69, 9.17) is 14.8 Å². The van der Waals surface area contributed by atoms with Crippen LogP contribution in [0.15, 0.2) is 41.4 Å². The average Bonchev–Trinajstić information content (AvgIpc) is 3.34. The fourth-order valence-corrected chi connectivity index (χ4v) is 4.55. The third kappa shape index (κ3) is 2.99. The van der Waals surface area contributed by atoms with Crippen LogP contribution >= 0.6 is 0 Å². The maximum atomic E-state index is 12.4. The third-order valence-corrected chi connectivity index (χ3v) is 6.26. The van der Waals surface area contributed by atoms with Crippen LogP contribution in [0.2, 0.25) is 0 Å². The number of nitrogens with zero attached hydrogens (tertiary/aromatic N) is 6. The predicted octanol–water partition coefficient (Wildman–Crippen LogP) is 2.07. The molecule has 1 saturated heterocycles. The minimum Gasteiger partial charge on any atom is -0.610 e. The quantitative estimate of drug-likeness (QED) is 0.500. The van der Waals surface area contributed by atoms with Crippen molar-refractivity contribution in [1.82, 2.24) is 24.1 Å². The van der Waals surface area contributed by atoms with E-state index >= 15 is 0 Å². The highest BCUT2D eigenvalue weighted by Gasteiger charge is 2.27. The maximum Gasteiger partial charge on any atom is 0.257 e.